The molecule has 5 rings (SSSR count). The highest BCUT2D eigenvalue weighted by molar-refractivity contribution is 5.97. The van der Waals surface area contributed by atoms with Crippen LogP contribution in [0.4, 0.5) is 4.39 Å². The van der Waals surface area contributed by atoms with Gasteiger partial charge in [-0.05, 0) is 37.1 Å². The number of benzene rings is 1. The largest absolute Gasteiger partial charge is 0.459 e. The normalized spacial score (nSPS) is 22.2. The van der Waals surface area contributed by atoms with Gasteiger partial charge in [0.05, 0.1) is 18.4 Å². The molecule has 0 unspecified atom stereocenters. The van der Waals surface area contributed by atoms with Gasteiger partial charge < -0.3 is 19.0 Å². The van der Waals surface area contributed by atoms with E-state index >= 15 is 0 Å². The SMILES string of the molecule is O=C(c1ccccc1F)N1CCC2(CC1)OC[C@@H](C(=O)N1CCCC1)N2C(=O)c1ccco1. The van der Waals surface area contributed by atoms with E-state index in [-0.39, 0.29) is 36.9 Å². The Morgan fingerprint density at radius 1 is 0.909 bits per heavy atom. The van der Waals surface area contributed by atoms with Crippen molar-refractivity contribution in [1.82, 2.24) is 14.7 Å². The molecule has 3 aliphatic rings. The number of furan rings is 1. The molecule has 0 aliphatic carbocycles. The zero-order chi connectivity index (χ0) is 23.0. The van der Waals surface area contributed by atoms with Crippen molar-refractivity contribution in [2.45, 2.75) is 37.5 Å². The summed E-state index contributed by atoms with van der Waals surface area (Å²) in [7, 11) is 0. The number of halogens is 1. The van der Waals surface area contributed by atoms with E-state index in [0.29, 0.717) is 25.9 Å². The van der Waals surface area contributed by atoms with E-state index in [1.807, 2.05) is 0 Å². The first kappa shape index (κ1) is 21.6. The molecule has 3 saturated heterocycles. The van der Waals surface area contributed by atoms with Crippen LogP contribution in [0.15, 0.2) is 47.1 Å². The molecule has 33 heavy (non-hydrogen) atoms. The highest BCUT2D eigenvalue weighted by Gasteiger charge is 2.55. The standard InChI is InChI=1S/C24H26FN3O5/c25-18-7-2-1-6-17(18)21(29)27-13-9-24(10-14-27)28(23(31)20-8-5-15-32-20)19(16-33-24)22(30)26-11-3-4-12-26/h1-2,5-8,15,19H,3-4,9-14,16H2/t19-/m0/s1. The topological polar surface area (TPSA) is 83.3 Å². The quantitative estimate of drug-likeness (QED) is 0.710. The first-order valence-electron chi connectivity index (χ1n) is 11.3. The zero-order valence-corrected chi connectivity index (χ0v) is 18.2. The first-order chi connectivity index (χ1) is 16.0. The fourth-order valence-corrected chi connectivity index (χ4v) is 5.09. The van der Waals surface area contributed by atoms with Crippen LogP contribution in [-0.4, -0.2) is 77.0 Å². The molecule has 4 heterocycles. The summed E-state index contributed by atoms with van der Waals surface area (Å²) in [6, 6.07) is 8.35. The van der Waals surface area contributed by atoms with Gasteiger partial charge in [-0.1, -0.05) is 12.1 Å². The predicted molar refractivity (Wildman–Crippen MR) is 115 cm³/mol. The predicted octanol–water partition coefficient (Wildman–Crippen LogP) is 2.51. The van der Waals surface area contributed by atoms with Crippen molar-refractivity contribution in [2.24, 2.45) is 0 Å². The van der Waals surface area contributed by atoms with Crippen LogP contribution in [0.25, 0.3) is 0 Å². The summed E-state index contributed by atoms with van der Waals surface area (Å²) in [6.07, 6.45) is 3.96. The Hall–Kier alpha value is -3.20. The van der Waals surface area contributed by atoms with E-state index in [1.54, 1.807) is 34.1 Å². The summed E-state index contributed by atoms with van der Waals surface area (Å²) in [5.41, 5.74) is -0.998. The van der Waals surface area contributed by atoms with Gasteiger partial charge in [0.25, 0.3) is 11.8 Å². The molecular weight excluding hydrogens is 429 g/mol. The number of piperidine rings is 1. The fraction of sp³-hybridized carbons (Fsp3) is 0.458. The van der Waals surface area contributed by atoms with Crippen LogP contribution in [0.2, 0.25) is 0 Å². The minimum absolute atomic E-state index is 0.0198. The number of amides is 3. The van der Waals surface area contributed by atoms with Gasteiger partial charge in [0.15, 0.2) is 5.76 Å². The molecule has 0 N–H and O–H groups in total. The highest BCUT2D eigenvalue weighted by atomic mass is 19.1. The van der Waals surface area contributed by atoms with Gasteiger partial charge in [-0.25, -0.2) is 4.39 Å². The van der Waals surface area contributed by atoms with Crippen molar-refractivity contribution in [3.05, 3.63) is 59.8 Å². The third kappa shape index (κ3) is 3.80. The van der Waals surface area contributed by atoms with Gasteiger partial charge in [0, 0.05) is 39.0 Å². The Morgan fingerprint density at radius 3 is 2.30 bits per heavy atom. The van der Waals surface area contributed by atoms with Crippen LogP contribution in [-0.2, 0) is 9.53 Å². The van der Waals surface area contributed by atoms with E-state index in [2.05, 4.69) is 0 Å². The number of ether oxygens (including phenoxy) is 1. The van der Waals surface area contributed by atoms with E-state index in [0.717, 1.165) is 12.8 Å². The van der Waals surface area contributed by atoms with Gasteiger partial charge >= 0.3 is 0 Å². The Bertz CT molecular complexity index is 1040. The van der Waals surface area contributed by atoms with Crippen molar-refractivity contribution in [2.75, 3.05) is 32.8 Å². The molecule has 2 aromatic rings. The summed E-state index contributed by atoms with van der Waals surface area (Å²) in [6.45, 7) is 2.01. The van der Waals surface area contributed by atoms with E-state index in [4.69, 9.17) is 9.15 Å². The minimum Gasteiger partial charge on any atom is -0.459 e. The van der Waals surface area contributed by atoms with Crippen LogP contribution < -0.4 is 0 Å². The smallest absolute Gasteiger partial charge is 0.292 e. The van der Waals surface area contributed by atoms with Crippen molar-refractivity contribution in [3.63, 3.8) is 0 Å². The lowest BCUT2D eigenvalue weighted by molar-refractivity contribution is -0.136. The molecule has 3 aliphatic heterocycles. The van der Waals surface area contributed by atoms with Gasteiger partial charge in [-0.3, -0.25) is 19.3 Å². The Morgan fingerprint density at radius 2 is 1.64 bits per heavy atom. The first-order valence-corrected chi connectivity index (χ1v) is 11.3. The van der Waals surface area contributed by atoms with Gasteiger partial charge in [-0.15, -0.1) is 0 Å². The van der Waals surface area contributed by atoms with Gasteiger partial charge in [0.2, 0.25) is 5.91 Å². The second-order valence-electron chi connectivity index (χ2n) is 8.73. The monoisotopic (exact) mass is 455 g/mol. The van der Waals surface area contributed by atoms with Gasteiger partial charge in [-0.2, -0.15) is 0 Å². The number of nitrogens with zero attached hydrogens (tertiary/aromatic N) is 3. The lowest BCUT2D eigenvalue weighted by atomic mass is 9.96. The van der Waals surface area contributed by atoms with Crippen molar-refractivity contribution >= 4 is 17.7 Å². The molecule has 3 amide bonds. The molecule has 1 spiro atoms. The Balaban J connectivity index is 1.38. The molecular formula is C24H26FN3O5. The van der Waals surface area contributed by atoms with Crippen LogP contribution in [0.5, 0.6) is 0 Å². The molecule has 1 atom stereocenters. The second kappa shape index (κ2) is 8.62. The van der Waals surface area contributed by atoms with Crippen molar-refractivity contribution < 1.29 is 27.9 Å². The molecule has 174 valence electrons. The lowest BCUT2D eigenvalue weighted by Gasteiger charge is -2.44. The third-order valence-electron chi connectivity index (χ3n) is 6.85. The molecule has 0 radical (unpaired) electrons. The summed E-state index contributed by atoms with van der Waals surface area (Å²) in [5.74, 6) is -1.33. The number of rotatable bonds is 3. The maximum Gasteiger partial charge on any atom is 0.292 e. The molecule has 9 heteroatoms. The molecule has 1 aromatic carbocycles. The molecule has 0 saturated carbocycles. The number of carbonyl (C=O) groups is 3. The molecule has 1 aromatic heterocycles. The summed E-state index contributed by atoms with van der Waals surface area (Å²) in [5, 5.41) is 0. The molecule has 3 fully saturated rings. The van der Waals surface area contributed by atoms with Crippen LogP contribution in [0, 0.1) is 5.82 Å². The number of hydrogen-bond donors (Lipinski definition) is 0. The van der Waals surface area contributed by atoms with Crippen molar-refractivity contribution in [1.29, 1.82) is 0 Å². The van der Waals surface area contributed by atoms with E-state index in [1.165, 1.54) is 23.3 Å². The zero-order valence-electron chi connectivity index (χ0n) is 18.2. The molecule has 8 nitrogen and oxygen atoms in total. The highest BCUT2D eigenvalue weighted by Crippen LogP contribution is 2.39. The fourth-order valence-electron chi connectivity index (χ4n) is 5.09. The van der Waals surface area contributed by atoms with Crippen LogP contribution in [0.1, 0.15) is 46.6 Å². The summed E-state index contributed by atoms with van der Waals surface area (Å²) < 4.78 is 25.6. The van der Waals surface area contributed by atoms with E-state index in [9.17, 15) is 18.8 Å². The average Bonchev–Trinajstić information content (AvgIpc) is 3.60. The molecule has 0 bridgehead atoms. The average molecular weight is 455 g/mol. The second-order valence-corrected chi connectivity index (χ2v) is 8.73. The number of carbonyl (C=O) groups excluding carboxylic acids is 3. The maximum absolute atomic E-state index is 14.1. The summed E-state index contributed by atoms with van der Waals surface area (Å²) in [4.78, 5) is 44.5. The summed E-state index contributed by atoms with van der Waals surface area (Å²) >= 11 is 0. The Labute approximate surface area is 190 Å². The van der Waals surface area contributed by atoms with Crippen LogP contribution >= 0.6 is 0 Å². The van der Waals surface area contributed by atoms with Gasteiger partial charge in [0.1, 0.15) is 17.6 Å². The maximum atomic E-state index is 14.1. The third-order valence-corrected chi connectivity index (χ3v) is 6.85. The van der Waals surface area contributed by atoms with E-state index < -0.39 is 29.4 Å². The minimum atomic E-state index is -1.02. The Kier molecular flexibility index (Phi) is 5.65. The van der Waals surface area contributed by atoms with Crippen molar-refractivity contribution in [3.8, 4) is 0 Å². The number of hydrogen-bond acceptors (Lipinski definition) is 5. The van der Waals surface area contributed by atoms with Crippen LogP contribution in [0.3, 0.4) is 0 Å². The lowest BCUT2D eigenvalue weighted by Crippen LogP contribution is -2.60. The number of likely N-dealkylation sites (tertiary alicyclic amines) is 2.